The summed E-state index contributed by atoms with van der Waals surface area (Å²) in [6.07, 6.45) is 0. The van der Waals surface area contributed by atoms with E-state index in [1.807, 2.05) is 18.2 Å². The molecule has 0 aliphatic carbocycles. The number of carbonyl (C=O) groups excluding carboxylic acids is 2. The third-order valence-electron chi connectivity index (χ3n) is 2.92. The van der Waals surface area contributed by atoms with Crippen molar-refractivity contribution in [3.05, 3.63) is 58.6 Å². The molecule has 0 aliphatic rings. The molecule has 0 bridgehead atoms. The number of hydrogen-bond acceptors (Lipinski definition) is 4. The number of rotatable bonds is 5. The van der Waals surface area contributed by atoms with Crippen LogP contribution >= 0.6 is 15.9 Å². The van der Waals surface area contributed by atoms with Crippen LogP contribution in [-0.4, -0.2) is 25.5 Å². The molecule has 5 nitrogen and oxygen atoms in total. The number of hydrogen-bond donors (Lipinski definition) is 2. The van der Waals surface area contributed by atoms with Crippen LogP contribution in [0, 0.1) is 0 Å². The molecule has 0 unspecified atom stereocenters. The fourth-order valence-corrected chi connectivity index (χ4v) is 2.24. The molecule has 0 spiro atoms. The van der Waals surface area contributed by atoms with E-state index >= 15 is 0 Å². The summed E-state index contributed by atoms with van der Waals surface area (Å²) in [6.45, 7) is 0.0370. The van der Waals surface area contributed by atoms with Gasteiger partial charge in [0.1, 0.15) is 0 Å². The lowest BCUT2D eigenvalue weighted by Gasteiger charge is -2.11. The predicted octanol–water partition coefficient (Wildman–Crippen LogP) is 3.29. The Bertz CT molecular complexity index is 689. The summed E-state index contributed by atoms with van der Waals surface area (Å²) in [5.74, 6) is -0.666. The van der Waals surface area contributed by atoms with Crippen molar-refractivity contribution in [1.82, 2.24) is 0 Å². The molecule has 0 heterocycles. The molecule has 0 saturated carbocycles. The van der Waals surface area contributed by atoms with E-state index in [9.17, 15) is 9.59 Å². The van der Waals surface area contributed by atoms with Crippen molar-refractivity contribution in [2.24, 2.45) is 0 Å². The van der Waals surface area contributed by atoms with E-state index in [4.69, 9.17) is 4.74 Å². The van der Waals surface area contributed by atoms with Crippen LogP contribution in [0.25, 0.3) is 0 Å². The van der Waals surface area contributed by atoms with E-state index in [0.29, 0.717) is 16.9 Å². The van der Waals surface area contributed by atoms with Crippen molar-refractivity contribution in [1.29, 1.82) is 0 Å². The molecular formula is C16H15BrN2O3. The SMILES string of the molecule is COC(=O)c1ccccc1NCC(=O)Nc1ccccc1Br. The smallest absolute Gasteiger partial charge is 0.339 e. The Hall–Kier alpha value is -2.34. The van der Waals surface area contributed by atoms with Gasteiger partial charge < -0.3 is 15.4 Å². The maximum Gasteiger partial charge on any atom is 0.339 e. The number of para-hydroxylation sites is 2. The Morgan fingerprint density at radius 3 is 2.36 bits per heavy atom. The van der Waals surface area contributed by atoms with Crippen LogP contribution in [-0.2, 0) is 9.53 Å². The fourth-order valence-electron chi connectivity index (χ4n) is 1.86. The summed E-state index contributed by atoms with van der Waals surface area (Å²) in [4.78, 5) is 23.6. The van der Waals surface area contributed by atoms with E-state index in [1.54, 1.807) is 30.3 Å². The minimum Gasteiger partial charge on any atom is -0.465 e. The molecule has 0 aliphatic heterocycles. The molecule has 0 fully saturated rings. The second-order valence-corrected chi connectivity index (χ2v) is 5.27. The van der Waals surface area contributed by atoms with E-state index in [0.717, 1.165) is 4.47 Å². The third kappa shape index (κ3) is 4.08. The molecule has 114 valence electrons. The second kappa shape index (κ2) is 7.61. The molecule has 0 atom stereocenters. The molecular weight excluding hydrogens is 348 g/mol. The topological polar surface area (TPSA) is 67.4 Å². The van der Waals surface area contributed by atoms with Crippen molar-refractivity contribution >= 4 is 39.2 Å². The van der Waals surface area contributed by atoms with Gasteiger partial charge in [-0.3, -0.25) is 4.79 Å². The Kier molecular flexibility index (Phi) is 5.55. The van der Waals surface area contributed by atoms with Crippen LogP contribution in [0.1, 0.15) is 10.4 Å². The van der Waals surface area contributed by atoms with Gasteiger partial charge in [0.15, 0.2) is 0 Å². The molecule has 2 aromatic carbocycles. The van der Waals surface area contributed by atoms with Gasteiger partial charge in [-0.1, -0.05) is 24.3 Å². The largest absolute Gasteiger partial charge is 0.465 e. The molecule has 6 heteroatoms. The molecule has 2 N–H and O–H groups in total. The highest BCUT2D eigenvalue weighted by molar-refractivity contribution is 9.10. The first kappa shape index (κ1) is 16.0. The summed E-state index contributed by atoms with van der Waals surface area (Å²) in [5.41, 5.74) is 1.63. The lowest BCUT2D eigenvalue weighted by molar-refractivity contribution is -0.114. The van der Waals surface area contributed by atoms with E-state index in [-0.39, 0.29) is 12.5 Å². The molecule has 1 amide bonds. The van der Waals surface area contributed by atoms with E-state index in [1.165, 1.54) is 7.11 Å². The Morgan fingerprint density at radius 1 is 1.05 bits per heavy atom. The summed E-state index contributed by atoms with van der Waals surface area (Å²) >= 11 is 3.36. The first-order valence-electron chi connectivity index (χ1n) is 6.57. The van der Waals surface area contributed by atoms with Gasteiger partial charge in [0.05, 0.1) is 24.9 Å². The maximum absolute atomic E-state index is 12.0. The predicted molar refractivity (Wildman–Crippen MR) is 89.0 cm³/mol. The summed E-state index contributed by atoms with van der Waals surface area (Å²) in [6, 6.07) is 14.2. The average molecular weight is 363 g/mol. The van der Waals surface area contributed by atoms with Gasteiger partial charge in [-0.25, -0.2) is 4.79 Å². The van der Waals surface area contributed by atoms with Gasteiger partial charge >= 0.3 is 5.97 Å². The third-order valence-corrected chi connectivity index (χ3v) is 3.61. The van der Waals surface area contributed by atoms with Gasteiger partial charge in [0, 0.05) is 10.2 Å². The number of benzene rings is 2. The van der Waals surface area contributed by atoms with Crippen LogP contribution in [0.15, 0.2) is 53.0 Å². The maximum atomic E-state index is 12.0. The Morgan fingerprint density at radius 2 is 1.68 bits per heavy atom. The number of esters is 1. The van der Waals surface area contributed by atoms with Gasteiger partial charge in [-0.05, 0) is 40.2 Å². The van der Waals surface area contributed by atoms with Crippen LogP contribution in [0.3, 0.4) is 0 Å². The van der Waals surface area contributed by atoms with Gasteiger partial charge in [-0.2, -0.15) is 0 Å². The first-order valence-corrected chi connectivity index (χ1v) is 7.36. The van der Waals surface area contributed by atoms with Crippen molar-refractivity contribution < 1.29 is 14.3 Å². The van der Waals surface area contributed by atoms with E-state index < -0.39 is 5.97 Å². The molecule has 2 aromatic rings. The molecule has 0 saturated heterocycles. The zero-order chi connectivity index (χ0) is 15.9. The van der Waals surface area contributed by atoms with Crippen molar-refractivity contribution in [2.45, 2.75) is 0 Å². The lowest BCUT2D eigenvalue weighted by atomic mass is 10.2. The van der Waals surface area contributed by atoms with Crippen LogP contribution in [0.2, 0.25) is 0 Å². The quantitative estimate of drug-likeness (QED) is 0.800. The van der Waals surface area contributed by atoms with Crippen molar-refractivity contribution in [3.8, 4) is 0 Å². The monoisotopic (exact) mass is 362 g/mol. The molecule has 0 aromatic heterocycles. The normalized spacial score (nSPS) is 9.91. The Labute approximate surface area is 136 Å². The molecule has 2 rings (SSSR count). The van der Waals surface area contributed by atoms with Crippen molar-refractivity contribution in [2.75, 3.05) is 24.3 Å². The number of halogens is 1. The molecule has 22 heavy (non-hydrogen) atoms. The van der Waals surface area contributed by atoms with Gasteiger partial charge in [0.25, 0.3) is 0 Å². The highest BCUT2D eigenvalue weighted by Crippen LogP contribution is 2.21. The minimum atomic E-state index is -0.450. The summed E-state index contributed by atoms with van der Waals surface area (Å²) in [5, 5.41) is 5.72. The van der Waals surface area contributed by atoms with Crippen LogP contribution < -0.4 is 10.6 Å². The zero-order valence-corrected chi connectivity index (χ0v) is 13.5. The summed E-state index contributed by atoms with van der Waals surface area (Å²) in [7, 11) is 1.32. The van der Waals surface area contributed by atoms with Gasteiger partial charge in [-0.15, -0.1) is 0 Å². The highest BCUT2D eigenvalue weighted by atomic mass is 79.9. The molecule has 0 radical (unpaired) electrons. The van der Waals surface area contributed by atoms with Crippen molar-refractivity contribution in [3.63, 3.8) is 0 Å². The van der Waals surface area contributed by atoms with Gasteiger partial charge in [0.2, 0.25) is 5.91 Å². The average Bonchev–Trinajstić information content (AvgIpc) is 2.54. The summed E-state index contributed by atoms with van der Waals surface area (Å²) < 4.78 is 5.51. The standard InChI is InChI=1S/C16H15BrN2O3/c1-22-16(21)11-6-2-4-8-13(11)18-10-15(20)19-14-9-5-3-7-12(14)17/h2-9,18H,10H2,1H3,(H,19,20). The fraction of sp³-hybridized carbons (Fsp3) is 0.125. The van der Waals surface area contributed by atoms with Crippen LogP contribution in [0.5, 0.6) is 0 Å². The number of methoxy groups -OCH3 is 1. The Balaban J connectivity index is 2.00. The number of anilines is 2. The number of nitrogens with one attached hydrogen (secondary N) is 2. The number of amides is 1. The number of ether oxygens (including phenoxy) is 1. The first-order chi connectivity index (χ1) is 10.6. The second-order valence-electron chi connectivity index (χ2n) is 4.42. The zero-order valence-electron chi connectivity index (χ0n) is 11.9. The highest BCUT2D eigenvalue weighted by Gasteiger charge is 2.12. The van der Waals surface area contributed by atoms with Crippen LogP contribution in [0.4, 0.5) is 11.4 Å². The van der Waals surface area contributed by atoms with E-state index in [2.05, 4.69) is 26.6 Å². The lowest BCUT2D eigenvalue weighted by Crippen LogP contribution is -2.22. The minimum absolute atomic E-state index is 0.0370. The number of carbonyl (C=O) groups is 2.